The maximum absolute atomic E-state index is 5.81. The number of hydrogen-bond donors (Lipinski definition) is 0. The zero-order valence-corrected chi connectivity index (χ0v) is 11.8. The minimum Gasteiger partial charge on any atom is -0.325 e. The highest BCUT2D eigenvalue weighted by molar-refractivity contribution is 8.67. The smallest absolute Gasteiger partial charge is 0.247 e. The molecule has 0 saturated heterocycles. The van der Waals surface area contributed by atoms with Crippen molar-refractivity contribution in [1.29, 1.82) is 0 Å². The van der Waals surface area contributed by atoms with Gasteiger partial charge in [-0.15, -0.1) is 11.3 Å². The van der Waals surface area contributed by atoms with Crippen LogP contribution in [0.3, 0.4) is 0 Å². The maximum atomic E-state index is 5.81. The Bertz CT molecular complexity index is 333. The fourth-order valence-corrected chi connectivity index (χ4v) is 5.05. The molecule has 1 aromatic heterocycles. The Hall–Kier alpha value is 0.910. The van der Waals surface area contributed by atoms with Gasteiger partial charge in [-0.05, 0) is 23.9 Å². The molecule has 14 heavy (non-hydrogen) atoms. The first-order valence-electron chi connectivity index (χ1n) is 3.70. The molecule has 0 bridgehead atoms. The Morgan fingerprint density at radius 2 is 2.14 bits per heavy atom. The molecule has 0 aliphatic carbocycles. The fourth-order valence-electron chi connectivity index (χ4n) is 0.752. The third-order valence-corrected chi connectivity index (χ3v) is 8.58. The lowest BCUT2D eigenvalue weighted by atomic mass is 10.5. The maximum Gasteiger partial charge on any atom is 0.247 e. The Kier molecular flexibility index (Phi) is 5.42. The van der Waals surface area contributed by atoms with E-state index in [0.717, 1.165) is 10.1 Å². The van der Waals surface area contributed by atoms with Gasteiger partial charge in [-0.25, -0.2) is 0 Å². The van der Waals surface area contributed by atoms with E-state index in [9.17, 15) is 0 Å². The third-order valence-electron chi connectivity index (χ3n) is 1.44. The summed E-state index contributed by atoms with van der Waals surface area (Å²) in [5.74, 6) is 0.788. The van der Waals surface area contributed by atoms with Crippen LogP contribution in [-0.4, -0.2) is 14.2 Å². The minimum atomic E-state index is -2.12. The molecule has 7 heteroatoms. The van der Waals surface area contributed by atoms with Crippen molar-refractivity contribution in [2.24, 2.45) is 0 Å². The summed E-state index contributed by atoms with van der Waals surface area (Å²) in [6, 6.07) is 3.87. The second kappa shape index (κ2) is 5.85. The van der Waals surface area contributed by atoms with Crippen LogP contribution >= 0.6 is 40.0 Å². The molecule has 0 N–H and O–H groups in total. The van der Waals surface area contributed by atoms with Gasteiger partial charge in [-0.1, -0.05) is 23.0 Å². The number of halogens is 1. The SMILES string of the molecule is COP(=S)(OC)SCc1ccc(Cl)s1. The molecular weight excluding hydrogens is 279 g/mol. The van der Waals surface area contributed by atoms with Gasteiger partial charge in [0.05, 0.1) is 4.34 Å². The molecule has 1 heterocycles. The van der Waals surface area contributed by atoms with E-state index in [4.69, 9.17) is 32.5 Å². The summed E-state index contributed by atoms with van der Waals surface area (Å²) in [4.78, 5) is 1.18. The van der Waals surface area contributed by atoms with Crippen LogP contribution in [0, 0.1) is 0 Å². The van der Waals surface area contributed by atoms with Gasteiger partial charge in [0.15, 0.2) is 0 Å². The zero-order chi connectivity index (χ0) is 10.6. The molecule has 0 unspecified atom stereocenters. The molecule has 0 atom stereocenters. The lowest BCUT2D eigenvalue weighted by molar-refractivity contribution is 0.354. The second-order valence-electron chi connectivity index (χ2n) is 2.29. The van der Waals surface area contributed by atoms with Crippen LogP contribution in [0.25, 0.3) is 0 Å². The Morgan fingerprint density at radius 3 is 2.57 bits per heavy atom. The molecule has 1 rings (SSSR count). The molecule has 1 aromatic rings. The summed E-state index contributed by atoms with van der Waals surface area (Å²) in [5.41, 5.74) is -2.12. The molecule has 80 valence electrons. The van der Waals surface area contributed by atoms with Gasteiger partial charge in [-0.2, -0.15) is 0 Å². The van der Waals surface area contributed by atoms with Crippen LogP contribution in [0.5, 0.6) is 0 Å². The van der Waals surface area contributed by atoms with E-state index in [1.54, 1.807) is 25.6 Å². The highest BCUT2D eigenvalue weighted by atomic mass is 35.5. The third kappa shape index (κ3) is 3.81. The predicted octanol–water partition coefficient (Wildman–Crippen LogP) is 4.15. The second-order valence-corrected chi connectivity index (χ2v) is 10.6. The average molecular weight is 289 g/mol. The van der Waals surface area contributed by atoms with Crippen molar-refractivity contribution in [1.82, 2.24) is 0 Å². The highest BCUT2D eigenvalue weighted by Gasteiger charge is 2.16. The lowest BCUT2D eigenvalue weighted by Crippen LogP contribution is -1.83. The van der Waals surface area contributed by atoms with Crippen molar-refractivity contribution in [3.8, 4) is 0 Å². The van der Waals surface area contributed by atoms with Crippen LogP contribution in [0.2, 0.25) is 4.34 Å². The van der Waals surface area contributed by atoms with E-state index in [0.29, 0.717) is 0 Å². The summed E-state index contributed by atoms with van der Waals surface area (Å²) in [5, 5.41) is 0. The molecule has 0 aromatic carbocycles. The van der Waals surface area contributed by atoms with Gasteiger partial charge >= 0.3 is 0 Å². The van der Waals surface area contributed by atoms with Gasteiger partial charge in [0.1, 0.15) is 0 Å². The topological polar surface area (TPSA) is 18.5 Å². The minimum absolute atomic E-state index is 0.788. The first-order chi connectivity index (χ1) is 6.59. The lowest BCUT2D eigenvalue weighted by Gasteiger charge is -2.15. The summed E-state index contributed by atoms with van der Waals surface area (Å²) >= 11 is 14.1. The Balaban J connectivity index is 2.51. The molecule has 0 saturated carbocycles. The van der Waals surface area contributed by atoms with E-state index in [2.05, 4.69) is 0 Å². The van der Waals surface area contributed by atoms with Crippen molar-refractivity contribution in [3.05, 3.63) is 21.3 Å². The Morgan fingerprint density at radius 1 is 1.50 bits per heavy atom. The van der Waals surface area contributed by atoms with E-state index in [1.165, 1.54) is 16.3 Å². The van der Waals surface area contributed by atoms with Crippen LogP contribution in [0.1, 0.15) is 4.88 Å². The van der Waals surface area contributed by atoms with Gasteiger partial charge in [0, 0.05) is 24.8 Å². The van der Waals surface area contributed by atoms with Crippen LogP contribution in [0.15, 0.2) is 12.1 Å². The summed E-state index contributed by atoms with van der Waals surface area (Å²) in [6.45, 7) is 0. The summed E-state index contributed by atoms with van der Waals surface area (Å²) in [6.07, 6.45) is 0. The quantitative estimate of drug-likeness (QED) is 0.757. The number of rotatable bonds is 5. The van der Waals surface area contributed by atoms with Crippen LogP contribution in [0.4, 0.5) is 0 Å². The Labute approximate surface area is 102 Å². The monoisotopic (exact) mass is 288 g/mol. The first kappa shape index (κ1) is 13.0. The number of thiophene rings is 1. The fraction of sp³-hybridized carbons (Fsp3) is 0.429. The molecule has 0 fully saturated rings. The van der Waals surface area contributed by atoms with Gasteiger partial charge in [0.2, 0.25) is 5.69 Å². The van der Waals surface area contributed by atoms with Gasteiger partial charge < -0.3 is 9.05 Å². The van der Waals surface area contributed by atoms with Crippen molar-refractivity contribution in [3.63, 3.8) is 0 Å². The largest absolute Gasteiger partial charge is 0.325 e. The zero-order valence-electron chi connectivity index (χ0n) is 7.73. The highest BCUT2D eigenvalue weighted by Crippen LogP contribution is 2.61. The van der Waals surface area contributed by atoms with Crippen LogP contribution < -0.4 is 0 Å². The van der Waals surface area contributed by atoms with Crippen molar-refractivity contribution < 1.29 is 9.05 Å². The molecule has 0 spiro atoms. The van der Waals surface area contributed by atoms with Crippen molar-refractivity contribution in [2.75, 3.05) is 14.2 Å². The molecule has 0 amide bonds. The van der Waals surface area contributed by atoms with Gasteiger partial charge in [-0.3, -0.25) is 0 Å². The van der Waals surface area contributed by atoms with E-state index in [-0.39, 0.29) is 0 Å². The van der Waals surface area contributed by atoms with E-state index < -0.39 is 5.69 Å². The molecular formula is C7H10ClO2PS3. The van der Waals surface area contributed by atoms with Crippen molar-refractivity contribution in [2.45, 2.75) is 5.75 Å². The summed E-state index contributed by atoms with van der Waals surface area (Å²) in [7, 11) is 3.16. The van der Waals surface area contributed by atoms with E-state index >= 15 is 0 Å². The molecule has 0 radical (unpaired) electrons. The normalized spacial score (nSPS) is 11.9. The van der Waals surface area contributed by atoms with E-state index in [1.807, 2.05) is 12.1 Å². The summed E-state index contributed by atoms with van der Waals surface area (Å²) < 4.78 is 11.1. The molecule has 0 aliphatic rings. The number of hydrogen-bond acceptors (Lipinski definition) is 5. The molecule has 0 aliphatic heterocycles. The van der Waals surface area contributed by atoms with Crippen molar-refractivity contribution >= 4 is 51.8 Å². The molecule has 2 nitrogen and oxygen atoms in total. The van der Waals surface area contributed by atoms with Gasteiger partial charge in [0.25, 0.3) is 0 Å². The average Bonchev–Trinajstić information content (AvgIpc) is 2.61. The predicted molar refractivity (Wildman–Crippen MR) is 68.9 cm³/mol. The first-order valence-corrected chi connectivity index (χ1v) is 9.12. The van der Waals surface area contributed by atoms with Crippen LogP contribution in [-0.2, 0) is 26.6 Å². The standard InChI is InChI=1S/C7H10ClO2PS3/c1-9-11(12,10-2)13-5-6-3-4-7(8)14-6/h3-4H,5H2,1-2H3.